The lowest BCUT2D eigenvalue weighted by Crippen LogP contribution is -2.37. The highest BCUT2D eigenvalue weighted by Gasteiger charge is 2.22. The van der Waals surface area contributed by atoms with E-state index in [0.29, 0.717) is 11.3 Å². The van der Waals surface area contributed by atoms with Gasteiger partial charge in [0, 0.05) is 12.6 Å². The minimum Gasteiger partial charge on any atom is -0.448 e. The van der Waals surface area contributed by atoms with E-state index in [4.69, 9.17) is 16.0 Å². The van der Waals surface area contributed by atoms with Crippen LogP contribution in [0.2, 0.25) is 5.22 Å². The zero-order valence-electron chi connectivity index (χ0n) is 9.71. The summed E-state index contributed by atoms with van der Waals surface area (Å²) in [6.07, 6.45) is 2.63. The molecule has 0 amide bonds. The number of likely N-dealkylation sites (N-methyl/N-ethyl adjacent to an activating group) is 1. The molecule has 1 aromatic heterocycles. The Bertz CT molecular complexity index is 327. The first-order valence-corrected chi connectivity index (χ1v) is 6.36. The number of rotatable bonds is 5. The molecule has 2 heterocycles. The van der Waals surface area contributed by atoms with Gasteiger partial charge in [-0.15, -0.1) is 0 Å². The van der Waals surface area contributed by atoms with Gasteiger partial charge in [-0.25, -0.2) is 0 Å². The van der Waals surface area contributed by atoms with E-state index in [2.05, 4.69) is 17.1 Å². The maximum atomic E-state index is 5.71. The first-order valence-electron chi connectivity index (χ1n) is 5.98. The number of hydrogen-bond donors (Lipinski definition) is 1. The number of halogens is 1. The Kier molecular flexibility index (Phi) is 4.27. The topological polar surface area (TPSA) is 28.4 Å². The normalized spacial score (nSPS) is 21.8. The van der Waals surface area contributed by atoms with Gasteiger partial charge >= 0.3 is 0 Å². The molecule has 3 nitrogen and oxygen atoms in total. The lowest BCUT2D eigenvalue weighted by atomic mass is 10.2. The summed E-state index contributed by atoms with van der Waals surface area (Å²) in [6.45, 7) is 6.42. The molecule has 1 fully saturated rings. The third-order valence-corrected chi connectivity index (χ3v) is 3.42. The lowest BCUT2D eigenvalue weighted by Gasteiger charge is -2.22. The number of furan rings is 1. The van der Waals surface area contributed by atoms with Gasteiger partial charge in [-0.3, -0.25) is 4.90 Å². The molecule has 1 saturated heterocycles. The average molecular weight is 243 g/mol. The van der Waals surface area contributed by atoms with E-state index in [1.54, 1.807) is 6.07 Å². The van der Waals surface area contributed by atoms with Crippen molar-refractivity contribution >= 4 is 11.6 Å². The van der Waals surface area contributed by atoms with Crippen LogP contribution >= 0.6 is 11.6 Å². The quantitative estimate of drug-likeness (QED) is 0.860. The van der Waals surface area contributed by atoms with Gasteiger partial charge in [0.1, 0.15) is 5.76 Å². The van der Waals surface area contributed by atoms with Crippen LogP contribution in [0.4, 0.5) is 0 Å². The molecule has 90 valence electrons. The van der Waals surface area contributed by atoms with Crippen molar-refractivity contribution in [2.45, 2.75) is 32.4 Å². The smallest absolute Gasteiger partial charge is 0.193 e. The van der Waals surface area contributed by atoms with Crippen LogP contribution in [0.1, 0.15) is 25.5 Å². The molecule has 1 N–H and O–H groups in total. The predicted octanol–water partition coefficient (Wildman–Crippen LogP) is 2.51. The van der Waals surface area contributed by atoms with Gasteiger partial charge < -0.3 is 9.73 Å². The SMILES string of the molecule is CCN1CCCC1CNCc1ccc(Cl)o1. The minimum atomic E-state index is 0.466. The van der Waals surface area contributed by atoms with E-state index in [1.807, 2.05) is 6.07 Å². The molecule has 1 aliphatic rings. The standard InChI is InChI=1S/C12H19ClN2O/c1-2-15-7-3-4-10(15)8-14-9-11-5-6-12(13)16-11/h5-6,10,14H,2-4,7-9H2,1H3. The van der Waals surface area contributed by atoms with Gasteiger partial charge in [-0.2, -0.15) is 0 Å². The van der Waals surface area contributed by atoms with E-state index >= 15 is 0 Å². The zero-order valence-corrected chi connectivity index (χ0v) is 10.5. The first kappa shape index (κ1) is 12.0. The fourth-order valence-corrected chi connectivity index (χ4v) is 2.51. The molecular formula is C12H19ClN2O. The molecule has 0 aromatic carbocycles. The second-order valence-electron chi connectivity index (χ2n) is 4.26. The molecule has 16 heavy (non-hydrogen) atoms. The van der Waals surface area contributed by atoms with E-state index in [1.165, 1.54) is 19.4 Å². The zero-order chi connectivity index (χ0) is 11.4. The van der Waals surface area contributed by atoms with Gasteiger partial charge in [-0.1, -0.05) is 6.92 Å². The van der Waals surface area contributed by atoms with Crippen molar-refractivity contribution in [1.29, 1.82) is 0 Å². The van der Waals surface area contributed by atoms with Gasteiger partial charge in [0.05, 0.1) is 6.54 Å². The van der Waals surface area contributed by atoms with Gasteiger partial charge in [0.15, 0.2) is 5.22 Å². The van der Waals surface area contributed by atoms with Gasteiger partial charge in [-0.05, 0) is 49.7 Å². The molecular weight excluding hydrogens is 224 g/mol. The Labute approximate surface area is 102 Å². The maximum Gasteiger partial charge on any atom is 0.193 e. The molecule has 1 aromatic rings. The third kappa shape index (κ3) is 3.00. The van der Waals surface area contributed by atoms with Crippen LogP contribution in [-0.2, 0) is 6.54 Å². The second kappa shape index (κ2) is 5.71. The summed E-state index contributed by atoms with van der Waals surface area (Å²) in [5.74, 6) is 0.908. The van der Waals surface area contributed by atoms with Gasteiger partial charge in [0.2, 0.25) is 0 Å². The van der Waals surface area contributed by atoms with Crippen LogP contribution in [0, 0.1) is 0 Å². The van der Waals surface area contributed by atoms with Crippen molar-refractivity contribution in [3.05, 3.63) is 23.1 Å². The van der Waals surface area contributed by atoms with Crippen molar-refractivity contribution in [3.8, 4) is 0 Å². The maximum absolute atomic E-state index is 5.71. The van der Waals surface area contributed by atoms with Crippen LogP contribution in [0.5, 0.6) is 0 Å². The Hall–Kier alpha value is -0.510. The highest BCUT2D eigenvalue weighted by atomic mass is 35.5. The Morgan fingerprint density at radius 3 is 3.12 bits per heavy atom. The second-order valence-corrected chi connectivity index (χ2v) is 4.63. The molecule has 0 bridgehead atoms. The summed E-state index contributed by atoms with van der Waals surface area (Å²) in [7, 11) is 0. The minimum absolute atomic E-state index is 0.466. The fourth-order valence-electron chi connectivity index (χ4n) is 2.35. The molecule has 0 spiro atoms. The van der Waals surface area contributed by atoms with Crippen molar-refractivity contribution in [2.24, 2.45) is 0 Å². The third-order valence-electron chi connectivity index (χ3n) is 3.21. The first-order chi connectivity index (χ1) is 7.79. The Morgan fingerprint density at radius 1 is 1.56 bits per heavy atom. The average Bonchev–Trinajstić information content (AvgIpc) is 2.87. The predicted molar refractivity (Wildman–Crippen MR) is 65.7 cm³/mol. The molecule has 4 heteroatoms. The van der Waals surface area contributed by atoms with E-state index in [0.717, 1.165) is 25.4 Å². The van der Waals surface area contributed by atoms with Crippen molar-refractivity contribution in [3.63, 3.8) is 0 Å². The fraction of sp³-hybridized carbons (Fsp3) is 0.667. The molecule has 1 atom stereocenters. The van der Waals surface area contributed by atoms with E-state index in [9.17, 15) is 0 Å². The van der Waals surface area contributed by atoms with Crippen LogP contribution < -0.4 is 5.32 Å². The van der Waals surface area contributed by atoms with E-state index < -0.39 is 0 Å². The Morgan fingerprint density at radius 2 is 2.44 bits per heavy atom. The number of nitrogens with one attached hydrogen (secondary N) is 1. The number of hydrogen-bond acceptors (Lipinski definition) is 3. The summed E-state index contributed by atoms with van der Waals surface area (Å²) in [4.78, 5) is 2.53. The highest BCUT2D eigenvalue weighted by Crippen LogP contribution is 2.16. The monoisotopic (exact) mass is 242 g/mol. The summed E-state index contributed by atoms with van der Waals surface area (Å²) in [5.41, 5.74) is 0. The largest absolute Gasteiger partial charge is 0.448 e. The summed E-state index contributed by atoms with van der Waals surface area (Å²) < 4.78 is 5.29. The molecule has 0 saturated carbocycles. The van der Waals surface area contributed by atoms with Crippen LogP contribution in [0.3, 0.4) is 0 Å². The van der Waals surface area contributed by atoms with E-state index in [-0.39, 0.29) is 0 Å². The molecule has 0 radical (unpaired) electrons. The highest BCUT2D eigenvalue weighted by molar-refractivity contribution is 6.28. The number of nitrogens with zero attached hydrogens (tertiary/aromatic N) is 1. The number of likely N-dealkylation sites (tertiary alicyclic amines) is 1. The summed E-state index contributed by atoms with van der Waals surface area (Å²) in [5, 5.41) is 3.89. The summed E-state index contributed by atoms with van der Waals surface area (Å²) in [6, 6.07) is 4.39. The van der Waals surface area contributed by atoms with Crippen LogP contribution in [-0.4, -0.2) is 30.6 Å². The van der Waals surface area contributed by atoms with Crippen LogP contribution in [0.15, 0.2) is 16.5 Å². The Balaban J connectivity index is 1.71. The van der Waals surface area contributed by atoms with Crippen LogP contribution in [0.25, 0.3) is 0 Å². The van der Waals surface area contributed by atoms with Gasteiger partial charge in [0.25, 0.3) is 0 Å². The molecule has 2 rings (SSSR count). The molecule has 1 unspecified atom stereocenters. The van der Waals surface area contributed by atoms with Crippen molar-refractivity contribution in [1.82, 2.24) is 10.2 Å². The molecule has 1 aliphatic heterocycles. The van der Waals surface area contributed by atoms with Crippen molar-refractivity contribution < 1.29 is 4.42 Å². The van der Waals surface area contributed by atoms with Crippen molar-refractivity contribution in [2.75, 3.05) is 19.6 Å². The molecule has 0 aliphatic carbocycles. The summed E-state index contributed by atoms with van der Waals surface area (Å²) >= 11 is 5.71. The lowest BCUT2D eigenvalue weighted by molar-refractivity contribution is 0.258.